The average molecular weight is 347 g/mol. The number of aromatic nitrogens is 2. The third-order valence-corrected chi connectivity index (χ3v) is 3.55. The molecule has 0 radical (unpaired) electrons. The third-order valence-electron chi connectivity index (χ3n) is 2.70. The quantitative estimate of drug-likeness (QED) is 0.480. The number of rotatable bonds is 3. The number of halogens is 3. The fourth-order valence-corrected chi connectivity index (χ4v) is 2.17. The fourth-order valence-electron chi connectivity index (χ4n) is 1.64. The van der Waals surface area contributed by atoms with E-state index in [9.17, 15) is 31.7 Å². The molecule has 0 aliphatic heterocycles. The molecule has 2 rings (SSSR count). The summed E-state index contributed by atoms with van der Waals surface area (Å²) in [6, 6.07) is 5.07. The van der Waals surface area contributed by atoms with Crippen molar-refractivity contribution in [2.75, 3.05) is 6.26 Å². The summed E-state index contributed by atoms with van der Waals surface area (Å²) in [7, 11) is -4.07. The van der Waals surface area contributed by atoms with Gasteiger partial charge in [-0.3, -0.25) is 10.1 Å². The molecule has 23 heavy (non-hydrogen) atoms. The van der Waals surface area contributed by atoms with Crippen molar-refractivity contribution in [3.63, 3.8) is 0 Å². The maximum absolute atomic E-state index is 12.8. The van der Waals surface area contributed by atoms with Crippen molar-refractivity contribution < 1.29 is 26.5 Å². The zero-order valence-electron chi connectivity index (χ0n) is 11.4. The van der Waals surface area contributed by atoms with E-state index in [1.165, 1.54) is 12.1 Å². The lowest BCUT2D eigenvalue weighted by atomic mass is 10.1. The third kappa shape index (κ3) is 3.80. The first-order valence-corrected chi connectivity index (χ1v) is 7.79. The van der Waals surface area contributed by atoms with Crippen LogP contribution in [-0.2, 0) is 16.0 Å². The molecule has 0 aliphatic rings. The molecule has 1 heterocycles. The average Bonchev–Trinajstić information content (AvgIpc) is 2.45. The van der Waals surface area contributed by atoms with Crippen molar-refractivity contribution in [1.82, 2.24) is 9.97 Å². The number of benzene rings is 1. The molecule has 0 spiro atoms. The van der Waals surface area contributed by atoms with Gasteiger partial charge in [0.05, 0.1) is 10.6 Å². The fraction of sp³-hybridized carbons (Fsp3) is 0.167. The molecule has 0 N–H and O–H groups in total. The molecule has 0 atom stereocenters. The van der Waals surface area contributed by atoms with E-state index < -0.39 is 31.8 Å². The van der Waals surface area contributed by atoms with Gasteiger partial charge in [-0.25, -0.2) is 18.4 Å². The number of non-ortho nitro benzene ring substituents is 1. The molecule has 0 saturated heterocycles. The highest BCUT2D eigenvalue weighted by Gasteiger charge is 2.34. The van der Waals surface area contributed by atoms with E-state index in [-0.39, 0.29) is 16.9 Å². The zero-order chi connectivity index (χ0) is 17.4. The summed E-state index contributed by atoms with van der Waals surface area (Å²) in [5.74, 6) is 0. The second-order valence-corrected chi connectivity index (χ2v) is 6.40. The van der Waals surface area contributed by atoms with Crippen LogP contribution in [0.4, 0.5) is 18.9 Å². The van der Waals surface area contributed by atoms with Crippen LogP contribution in [0.2, 0.25) is 0 Å². The Hall–Kier alpha value is -2.56. The Kier molecular flexibility index (Phi) is 4.07. The molecular formula is C12H8F3N3O4S. The summed E-state index contributed by atoms with van der Waals surface area (Å²) in [4.78, 5) is 16.5. The van der Waals surface area contributed by atoms with E-state index in [4.69, 9.17) is 0 Å². The summed E-state index contributed by atoms with van der Waals surface area (Å²) >= 11 is 0. The minimum absolute atomic E-state index is 0.0911. The summed E-state index contributed by atoms with van der Waals surface area (Å²) in [6.45, 7) is 0. The van der Waals surface area contributed by atoms with E-state index >= 15 is 0 Å². The molecule has 0 aliphatic carbocycles. The lowest BCUT2D eigenvalue weighted by Crippen LogP contribution is -2.14. The van der Waals surface area contributed by atoms with Gasteiger partial charge < -0.3 is 0 Å². The molecule has 0 fully saturated rings. The van der Waals surface area contributed by atoms with Gasteiger partial charge in [0.2, 0.25) is 15.0 Å². The van der Waals surface area contributed by atoms with E-state index in [2.05, 4.69) is 9.97 Å². The van der Waals surface area contributed by atoms with Crippen molar-refractivity contribution in [2.45, 2.75) is 11.3 Å². The van der Waals surface area contributed by atoms with Crippen molar-refractivity contribution in [3.05, 3.63) is 46.1 Å². The van der Waals surface area contributed by atoms with Gasteiger partial charge in [0.25, 0.3) is 5.69 Å². The number of nitro benzene ring substituents is 1. The van der Waals surface area contributed by atoms with Crippen LogP contribution in [0, 0.1) is 10.1 Å². The number of nitrogens with zero attached hydrogens (tertiary/aromatic N) is 3. The minimum atomic E-state index is -4.86. The standard InChI is InChI=1S/C12H8F3N3O4S/c1-23(21,22)11-16-9(6-10(17-11)12(13,14)15)7-2-4-8(5-3-7)18(19)20/h2-6H,1H3. The van der Waals surface area contributed by atoms with Crippen molar-refractivity contribution in [3.8, 4) is 11.3 Å². The molecule has 11 heteroatoms. The van der Waals surface area contributed by atoms with Crippen LogP contribution < -0.4 is 0 Å². The predicted molar refractivity (Wildman–Crippen MR) is 72.2 cm³/mol. The predicted octanol–water partition coefficient (Wildman–Crippen LogP) is 2.47. The van der Waals surface area contributed by atoms with E-state index in [1.54, 1.807) is 0 Å². The number of hydrogen-bond donors (Lipinski definition) is 0. The minimum Gasteiger partial charge on any atom is -0.258 e. The molecule has 1 aromatic heterocycles. The lowest BCUT2D eigenvalue weighted by molar-refractivity contribution is -0.384. The highest BCUT2D eigenvalue weighted by molar-refractivity contribution is 7.90. The van der Waals surface area contributed by atoms with Crippen LogP contribution >= 0.6 is 0 Å². The Bertz CT molecular complexity index is 864. The van der Waals surface area contributed by atoms with E-state index in [0.717, 1.165) is 12.1 Å². The van der Waals surface area contributed by atoms with E-state index in [0.29, 0.717) is 12.3 Å². The van der Waals surface area contributed by atoms with Gasteiger partial charge in [-0.1, -0.05) is 0 Å². The molecule has 0 bridgehead atoms. The van der Waals surface area contributed by atoms with Gasteiger partial charge >= 0.3 is 6.18 Å². The molecule has 0 saturated carbocycles. The number of hydrogen-bond acceptors (Lipinski definition) is 6. The normalized spacial score (nSPS) is 12.2. The topological polar surface area (TPSA) is 103 Å². The van der Waals surface area contributed by atoms with Gasteiger partial charge in [0.1, 0.15) is 5.69 Å². The number of sulfone groups is 1. The molecule has 0 amide bonds. The van der Waals surface area contributed by atoms with Crippen molar-refractivity contribution >= 4 is 15.5 Å². The Balaban J connectivity index is 2.64. The van der Waals surface area contributed by atoms with Gasteiger partial charge in [-0.15, -0.1) is 0 Å². The first kappa shape index (κ1) is 16.8. The molecule has 0 unspecified atom stereocenters. The molecule has 2 aromatic rings. The van der Waals surface area contributed by atoms with Crippen LogP contribution in [-0.4, -0.2) is 29.6 Å². The van der Waals surface area contributed by atoms with E-state index in [1.807, 2.05) is 0 Å². The maximum atomic E-state index is 12.8. The van der Waals surface area contributed by atoms with Gasteiger partial charge in [-0.2, -0.15) is 13.2 Å². The van der Waals surface area contributed by atoms with Crippen LogP contribution in [0.3, 0.4) is 0 Å². The first-order valence-electron chi connectivity index (χ1n) is 5.89. The lowest BCUT2D eigenvalue weighted by Gasteiger charge is -2.09. The Morgan fingerprint density at radius 1 is 1.13 bits per heavy atom. The van der Waals surface area contributed by atoms with Gasteiger partial charge in [0.15, 0.2) is 0 Å². The maximum Gasteiger partial charge on any atom is 0.433 e. The highest BCUT2D eigenvalue weighted by Crippen LogP contribution is 2.31. The SMILES string of the molecule is CS(=O)(=O)c1nc(-c2ccc([N+](=O)[O-])cc2)cc(C(F)(F)F)n1. The summed E-state index contributed by atoms with van der Waals surface area (Å²) in [5.41, 5.74) is -1.89. The molecular weight excluding hydrogens is 339 g/mol. The van der Waals surface area contributed by atoms with Crippen LogP contribution in [0.1, 0.15) is 5.69 Å². The highest BCUT2D eigenvalue weighted by atomic mass is 32.2. The monoisotopic (exact) mass is 347 g/mol. The van der Waals surface area contributed by atoms with Crippen LogP contribution in [0.5, 0.6) is 0 Å². The molecule has 122 valence electrons. The number of alkyl halides is 3. The second-order valence-electron chi connectivity index (χ2n) is 4.49. The first-order chi connectivity index (χ1) is 10.5. The van der Waals surface area contributed by atoms with Crippen LogP contribution in [0.15, 0.2) is 35.5 Å². The van der Waals surface area contributed by atoms with Gasteiger partial charge in [-0.05, 0) is 18.2 Å². The largest absolute Gasteiger partial charge is 0.433 e. The molecule has 7 nitrogen and oxygen atoms in total. The van der Waals surface area contributed by atoms with Crippen molar-refractivity contribution in [2.24, 2.45) is 0 Å². The number of nitro groups is 1. The summed E-state index contributed by atoms with van der Waals surface area (Å²) < 4.78 is 61.5. The Labute approximate surface area is 127 Å². The Morgan fingerprint density at radius 3 is 2.13 bits per heavy atom. The molecule has 1 aromatic carbocycles. The smallest absolute Gasteiger partial charge is 0.258 e. The summed E-state index contributed by atoms with van der Waals surface area (Å²) in [5, 5.41) is 9.60. The second kappa shape index (κ2) is 5.57. The van der Waals surface area contributed by atoms with Crippen molar-refractivity contribution in [1.29, 1.82) is 0 Å². The zero-order valence-corrected chi connectivity index (χ0v) is 12.2. The summed E-state index contributed by atoms with van der Waals surface area (Å²) in [6.07, 6.45) is -4.18. The van der Waals surface area contributed by atoms with Gasteiger partial charge in [0, 0.05) is 24.0 Å². The van der Waals surface area contributed by atoms with Crippen LogP contribution in [0.25, 0.3) is 11.3 Å². The Morgan fingerprint density at radius 2 is 1.70 bits per heavy atom.